The quantitative estimate of drug-likeness (QED) is 0.652. The highest BCUT2D eigenvalue weighted by Gasteiger charge is 2.21. The molecule has 2 heterocycles. The lowest BCUT2D eigenvalue weighted by Crippen LogP contribution is -2.19. The molecule has 0 N–H and O–H groups in total. The Kier molecular flexibility index (Phi) is 2.36. The molecule has 0 saturated carbocycles. The largest absolute Gasteiger partial charge is 0.371 e. The third-order valence-electron chi connectivity index (χ3n) is 2.13. The summed E-state index contributed by atoms with van der Waals surface area (Å²) >= 11 is 0. The van der Waals surface area contributed by atoms with Crippen LogP contribution in [0.1, 0.15) is 24.6 Å². The summed E-state index contributed by atoms with van der Waals surface area (Å²) in [7, 11) is 0. The predicted octanol–water partition coefficient (Wildman–Crippen LogP) is 1.50. The van der Waals surface area contributed by atoms with Crippen molar-refractivity contribution >= 4 is 5.78 Å². The van der Waals surface area contributed by atoms with Crippen molar-refractivity contribution in [2.45, 2.75) is 18.9 Å². The fourth-order valence-electron chi connectivity index (χ4n) is 1.44. The molecule has 0 radical (unpaired) electrons. The van der Waals surface area contributed by atoms with Crippen LogP contribution in [0.3, 0.4) is 0 Å². The van der Waals surface area contributed by atoms with E-state index in [9.17, 15) is 4.79 Å². The van der Waals surface area contributed by atoms with E-state index in [4.69, 9.17) is 4.74 Å². The third kappa shape index (κ3) is 1.92. The van der Waals surface area contributed by atoms with E-state index in [1.165, 1.54) is 0 Å². The lowest BCUT2D eigenvalue weighted by atomic mass is 10.0. The summed E-state index contributed by atoms with van der Waals surface area (Å²) < 4.78 is 5.45. The maximum absolute atomic E-state index is 11.1. The molecule has 1 unspecified atom stereocenters. The van der Waals surface area contributed by atoms with E-state index in [2.05, 4.69) is 4.98 Å². The molecule has 1 aromatic rings. The molecule has 3 heteroatoms. The van der Waals surface area contributed by atoms with Crippen molar-refractivity contribution in [3.63, 3.8) is 0 Å². The maximum atomic E-state index is 11.1. The van der Waals surface area contributed by atoms with Gasteiger partial charge < -0.3 is 4.74 Å². The van der Waals surface area contributed by atoms with Gasteiger partial charge in [-0.3, -0.25) is 9.78 Å². The molecule has 1 aliphatic heterocycles. The Morgan fingerprint density at radius 1 is 1.46 bits per heavy atom. The van der Waals surface area contributed by atoms with Gasteiger partial charge in [0, 0.05) is 19.0 Å². The average Bonchev–Trinajstić information content (AvgIpc) is 2.19. The number of nitrogens with zero attached hydrogens (tertiary/aromatic N) is 1. The number of pyridine rings is 1. The van der Waals surface area contributed by atoms with Crippen LogP contribution in [0.5, 0.6) is 0 Å². The molecule has 1 fully saturated rings. The van der Waals surface area contributed by atoms with Gasteiger partial charge in [0.25, 0.3) is 0 Å². The molecule has 1 aliphatic rings. The zero-order chi connectivity index (χ0) is 9.10. The van der Waals surface area contributed by atoms with Crippen LogP contribution >= 0.6 is 0 Å². The summed E-state index contributed by atoms with van der Waals surface area (Å²) in [5.74, 6) is 0.266. The van der Waals surface area contributed by atoms with E-state index in [0.29, 0.717) is 19.4 Å². The van der Waals surface area contributed by atoms with Crippen LogP contribution in [-0.4, -0.2) is 17.4 Å². The maximum Gasteiger partial charge on any atom is 0.138 e. The summed E-state index contributed by atoms with van der Waals surface area (Å²) in [5, 5.41) is 0. The van der Waals surface area contributed by atoms with Crippen molar-refractivity contribution in [2.24, 2.45) is 0 Å². The van der Waals surface area contributed by atoms with Gasteiger partial charge in [-0.05, 0) is 12.1 Å². The topological polar surface area (TPSA) is 39.2 Å². The molecule has 0 spiro atoms. The molecule has 68 valence electrons. The molecular formula is C10H11NO2. The Balaban J connectivity index is 2.13. The van der Waals surface area contributed by atoms with Gasteiger partial charge >= 0.3 is 0 Å². The standard InChI is InChI=1S/C10H11NO2/c12-8-4-6-13-10(7-8)9-3-1-2-5-11-9/h1-3,5,10H,4,6-7H2. The number of ketones is 1. The minimum Gasteiger partial charge on any atom is -0.371 e. The van der Waals surface area contributed by atoms with Crippen molar-refractivity contribution in [1.82, 2.24) is 4.98 Å². The molecule has 13 heavy (non-hydrogen) atoms. The third-order valence-corrected chi connectivity index (χ3v) is 2.13. The number of carbonyl (C=O) groups is 1. The van der Waals surface area contributed by atoms with Gasteiger partial charge in [0.2, 0.25) is 0 Å². The van der Waals surface area contributed by atoms with Crippen LogP contribution in [-0.2, 0) is 9.53 Å². The first-order valence-electron chi connectivity index (χ1n) is 4.40. The Labute approximate surface area is 76.7 Å². The number of Topliss-reactive ketones (excluding diaryl/α,β-unsaturated/α-hetero) is 1. The molecular weight excluding hydrogens is 166 g/mol. The molecule has 1 aromatic heterocycles. The fraction of sp³-hybridized carbons (Fsp3) is 0.400. The Bertz CT molecular complexity index is 297. The second-order valence-corrected chi connectivity index (χ2v) is 3.11. The van der Waals surface area contributed by atoms with E-state index in [1.54, 1.807) is 6.20 Å². The first kappa shape index (κ1) is 8.38. The van der Waals surface area contributed by atoms with E-state index >= 15 is 0 Å². The van der Waals surface area contributed by atoms with E-state index in [0.717, 1.165) is 5.69 Å². The number of hydrogen-bond acceptors (Lipinski definition) is 3. The monoisotopic (exact) mass is 177 g/mol. The summed E-state index contributed by atoms with van der Waals surface area (Å²) in [6.07, 6.45) is 2.61. The van der Waals surface area contributed by atoms with Crippen molar-refractivity contribution in [2.75, 3.05) is 6.61 Å². The smallest absolute Gasteiger partial charge is 0.138 e. The predicted molar refractivity (Wildman–Crippen MR) is 47.2 cm³/mol. The van der Waals surface area contributed by atoms with E-state index < -0.39 is 0 Å². The number of aromatic nitrogens is 1. The number of carbonyl (C=O) groups excluding carboxylic acids is 1. The molecule has 1 atom stereocenters. The zero-order valence-corrected chi connectivity index (χ0v) is 7.27. The molecule has 0 aliphatic carbocycles. The summed E-state index contributed by atoms with van der Waals surface area (Å²) in [5.41, 5.74) is 0.857. The van der Waals surface area contributed by atoms with Crippen LogP contribution in [0.25, 0.3) is 0 Å². The highest BCUT2D eigenvalue weighted by molar-refractivity contribution is 5.79. The van der Waals surface area contributed by atoms with E-state index in [-0.39, 0.29) is 11.9 Å². The zero-order valence-electron chi connectivity index (χ0n) is 7.27. The minimum atomic E-state index is -0.123. The fourth-order valence-corrected chi connectivity index (χ4v) is 1.44. The van der Waals surface area contributed by atoms with Gasteiger partial charge in [-0.2, -0.15) is 0 Å². The second-order valence-electron chi connectivity index (χ2n) is 3.11. The van der Waals surface area contributed by atoms with Crippen LogP contribution in [0, 0.1) is 0 Å². The lowest BCUT2D eigenvalue weighted by Gasteiger charge is -2.20. The average molecular weight is 177 g/mol. The van der Waals surface area contributed by atoms with Gasteiger partial charge in [-0.1, -0.05) is 6.07 Å². The van der Waals surface area contributed by atoms with Gasteiger partial charge in [0.1, 0.15) is 11.9 Å². The molecule has 2 rings (SSSR count). The molecule has 0 amide bonds. The molecule has 3 nitrogen and oxygen atoms in total. The van der Waals surface area contributed by atoms with Crippen molar-refractivity contribution in [1.29, 1.82) is 0 Å². The Morgan fingerprint density at radius 3 is 3.08 bits per heavy atom. The second kappa shape index (κ2) is 3.66. The first-order valence-corrected chi connectivity index (χ1v) is 4.40. The van der Waals surface area contributed by atoms with Crippen molar-refractivity contribution in [3.05, 3.63) is 30.1 Å². The van der Waals surface area contributed by atoms with Gasteiger partial charge in [0.15, 0.2) is 0 Å². The summed E-state index contributed by atoms with van der Waals surface area (Å²) in [6.45, 7) is 0.528. The van der Waals surface area contributed by atoms with Crippen molar-refractivity contribution < 1.29 is 9.53 Å². The molecule has 0 aromatic carbocycles. The Morgan fingerprint density at radius 2 is 2.38 bits per heavy atom. The Hall–Kier alpha value is -1.22. The number of hydrogen-bond donors (Lipinski definition) is 0. The van der Waals surface area contributed by atoms with Gasteiger partial charge in [-0.25, -0.2) is 0 Å². The minimum absolute atomic E-state index is 0.123. The van der Waals surface area contributed by atoms with Gasteiger partial charge in [-0.15, -0.1) is 0 Å². The van der Waals surface area contributed by atoms with Crippen LogP contribution < -0.4 is 0 Å². The van der Waals surface area contributed by atoms with Gasteiger partial charge in [0.05, 0.1) is 12.3 Å². The lowest BCUT2D eigenvalue weighted by molar-refractivity contribution is -0.128. The van der Waals surface area contributed by atoms with Crippen LogP contribution in [0.15, 0.2) is 24.4 Å². The van der Waals surface area contributed by atoms with Crippen LogP contribution in [0.2, 0.25) is 0 Å². The highest BCUT2D eigenvalue weighted by atomic mass is 16.5. The molecule has 0 bridgehead atoms. The van der Waals surface area contributed by atoms with E-state index in [1.807, 2.05) is 18.2 Å². The SMILES string of the molecule is O=C1CCOC(c2ccccn2)C1. The summed E-state index contributed by atoms with van der Waals surface area (Å²) in [4.78, 5) is 15.3. The summed E-state index contributed by atoms with van der Waals surface area (Å²) in [6, 6.07) is 5.65. The molecule has 1 saturated heterocycles. The first-order chi connectivity index (χ1) is 6.36. The number of ether oxygens (including phenoxy) is 1. The normalized spacial score (nSPS) is 23.1. The van der Waals surface area contributed by atoms with Crippen LogP contribution in [0.4, 0.5) is 0 Å². The highest BCUT2D eigenvalue weighted by Crippen LogP contribution is 2.23. The van der Waals surface area contributed by atoms with Crippen molar-refractivity contribution in [3.8, 4) is 0 Å². The number of rotatable bonds is 1.